The Morgan fingerprint density at radius 2 is 2.29 bits per heavy atom. The fourth-order valence-corrected chi connectivity index (χ4v) is 3.42. The van der Waals surface area contributed by atoms with E-state index in [1.165, 1.54) is 12.8 Å². The van der Waals surface area contributed by atoms with Crippen LogP contribution in [-0.4, -0.2) is 43.8 Å². The molecule has 1 amide bonds. The Morgan fingerprint density at radius 1 is 1.42 bits per heavy atom. The summed E-state index contributed by atoms with van der Waals surface area (Å²) in [5.74, 6) is 2.62. The molecule has 4 rings (SSSR count). The van der Waals surface area contributed by atoms with Crippen LogP contribution in [0.3, 0.4) is 0 Å². The first-order valence-corrected chi connectivity index (χ1v) is 8.81. The average molecular weight is 329 g/mol. The lowest BCUT2D eigenvalue weighted by atomic mass is 9.94. The Balaban J connectivity index is 1.36. The summed E-state index contributed by atoms with van der Waals surface area (Å²) in [4.78, 5) is 19.2. The molecule has 0 spiro atoms. The van der Waals surface area contributed by atoms with Crippen molar-refractivity contribution in [2.75, 3.05) is 13.1 Å². The Kier molecular flexibility index (Phi) is 4.08. The molecule has 1 aliphatic heterocycles. The maximum Gasteiger partial charge on any atom is 0.247 e. The van der Waals surface area contributed by atoms with Crippen LogP contribution >= 0.6 is 0 Å². The fraction of sp³-hybridized carbons (Fsp3) is 0.647. The van der Waals surface area contributed by atoms with E-state index in [0.717, 1.165) is 44.1 Å². The summed E-state index contributed by atoms with van der Waals surface area (Å²) in [7, 11) is 0. The predicted octanol–water partition coefficient (Wildman–Crippen LogP) is 2.19. The lowest BCUT2D eigenvalue weighted by Gasteiger charge is -2.33. The van der Waals surface area contributed by atoms with Gasteiger partial charge in [-0.3, -0.25) is 9.48 Å². The molecule has 2 aromatic rings. The van der Waals surface area contributed by atoms with Crippen molar-refractivity contribution in [3.05, 3.63) is 30.2 Å². The third-order valence-electron chi connectivity index (χ3n) is 5.00. The predicted molar refractivity (Wildman–Crippen MR) is 86.2 cm³/mol. The number of nitrogens with zero attached hydrogens (tertiary/aromatic N) is 5. The van der Waals surface area contributed by atoms with Gasteiger partial charge >= 0.3 is 0 Å². The molecule has 2 atom stereocenters. The first kappa shape index (κ1) is 15.4. The van der Waals surface area contributed by atoms with Crippen molar-refractivity contribution in [2.45, 2.75) is 51.0 Å². The minimum absolute atomic E-state index is 0.132. The van der Waals surface area contributed by atoms with E-state index < -0.39 is 0 Å². The Morgan fingerprint density at radius 3 is 3.04 bits per heavy atom. The van der Waals surface area contributed by atoms with Crippen LogP contribution in [0.2, 0.25) is 0 Å². The lowest BCUT2D eigenvalue weighted by molar-refractivity contribution is -0.136. The van der Waals surface area contributed by atoms with Crippen LogP contribution in [-0.2, 0) is 11.2 Å². The zero-order chi connectivity index (χ0) is 16.5. The Hall–Kier alpha value is -2.18. The number of hydrogen-bond donors (Lipinski definition) is 0. The first-order valence-electron chi connectivity index (χ1n) is 8.81. The summed E-state index contributed by atoms with van der Waals surface area (Å²) in [6, 6.07) is 1.58. The summed E-state index contributed by atoms with van der Waals surface area (Å²) in [5, 5.41) is 8.26. The molecule has 0 bridgehead atoms. The van der Waals surface area contributed by atoms with E-state index >= 15 is 0 Å². The monoisotopic (exact) mass is 329 g/mol. The molecule has 2 aromatic heterocycles. The van der Waals surface area contributed by atoms with Crippen molar-refractivity contribution >= 4 is 5.91 Å². The minimum atomic E-state index is -0.261. The van der Waals surface area contributed by atoms with E-state index in [4.69, 9.17) is 4.52 Å². The van der Waals surface area contributed by atoms with E-state index in [1.807, 2.05) is 24.1 Å². The van der Waals surface area contributed by atoms with Gasteiger partial charge in [-0.1, -0.05) is 5.16 Å². The van der Waals surface area contributed by atoms with Crippen LogP contribution in [0, 0.1) is 5.92 Å². The van der Waals surface area contributed by atoms with E-state index in [2.05, 4.69) is 15.2 Å². The highest BCUT2D eigenvalue weighted by Gasteiger charge is 2.31. The van der Waals surface area contributed by atoms with E-state index in [9.17, 15) is 4.79 Å². The first-order chi connectivity index (χ1) is 11.7. The number of aromatic nitrogens is 4. The number of carbonyl (C=O) groups excluding carboxylic acids is 1. The van der Waals surface area contributed by atoms with Crippen LogP contribution in [0.4, 0.5) is 0 Å². The van der Waals surface area contributed by atoms with Crippen LogP contribution in [0.5, 0.6) is 0 Å². The second-order valence-electron chi connectivity index (χ2n) is 6.98. The largest absolute Gasteiger partial charge is 0.341 e. The van der Waals surface area contributed by atoms with Crippen molar-refractivity contribution in [2.24, 2.45) is 5.92 Å². The van der Waals surface area contributed by atoms with Crippen molar-refractivity contribution in [3.8, 4) is 0 Å². The Bertz CT molecular complexity index is 692. The third kappa shape index (κ3) is 3.20. The van der Waals surface area contributed by atoms with Crippen molar-refractivity contribution in [1.29, 1.82) is 0 Å². The molecule has 0 radical (unpaired) electrons. The van der Waals surface area contributed by atoms with E-state index in [1.54, 1.807) is 10.9 Å². The third-order valence-corrected chi connectivity index (χ3v) is 5.00. The van der Waals surface area contributed by atoms with Gasteiger partial charge in [-0.2, -0.15) is 10.1 Å². The van der Waals surface area contributed by atoms with E-state index in [0.29, 0.717) is 11.8 Å². The molecule has 2 aliphatic rings. The van der Waals surface area contributed by atoms with Crippen molar-refractivity contribution < 1.29 is 9.32 Å². The highest BCUT2D eigenvalue weighted by molar-refractivity contribution is 5.80. The molecule has 0 unspecified atom stereocenters. The molecule has 1 saturated heterocycles. The van der Waals surface area contributed by atoms with Gasteiger partial charge in [-0.05, 0) is 44.6 Å². The van der Waals surface area contributed by atoms with Gasteiger partial charge in [-0.15, -0.1) is 0 Å². The average Bonchev–Trinajstić information content (AvgIpc) is 3.11. The number of piperidine rings is 1. The summed E-state index contributed by atoms with van der Waals surface area (Å²) < 4.78 is 7.11. The molecule has 128 valence electrons. The second-order valence-corrected chi connectivity index (χ2v) is 6.98. The van der Waals surface area contributed by atoms with Gasteiger partial charge in [0.1, 0.15) is 6.04 Å². The molecule has 7 nitrogen and oxygen atoms in total. The molecule has 7 heteroatoms. The number of likely N-dealkylation sites (tertiary alicyclic amines) is 1. The molecule has 0 aromatic carbocycles. The molecule has 1 aliphatic carbocycles. The van der Waals surface area contributed by atoms with Gasteiger partial charge in [0.15, 0.2) is 5.82 Å². The summed E-state index contributed by atoms with van der Waals surface area (Å²) in [6.45, 7) is 3.47. The standard InChI is InChI=1S/C17H23N5O2/c1-12(22-9-3-7-18-22)17(23)21-8-2-4-13(11-21)10-15-19-16(20-24-15)14-5-6-14/h3,7,9,12-14H,2,4-6,8,10-11H2,1H3/t12-,13-/m1/s1. The van der Waals surface area contributed by atoms with Gasteiger partial charge in [0.2, 0.25) is 11.8 Å². The van der Waals surface area contributed by atoms with Crippen LogP contribution < -0.4 is 0 Å². The highest BCUT2D eigenvalue weighted by Crippen LogP contribution is 2.38. The molecular formula is C17H23N5O2. The maximum atomic E-state index is 12.7. The molecule has 3 heterocycles. The summed E-state index contributed by atoms with van der Waals surface area (Å²) in [5.41, 5.74) is 0. The quantitative estimate of drug-likeness (QED) is 0.840. The number of amides is 1. The lowest BCUT2D eigenvalue weighted by Crippen LogP contribution is -2.43. The maximum absolute atomic E-state index is 12.7. The van der Waals surface area contributed by atoms with Crippen LogP contribution in [0.1, 0.15) is 56.3 Å². The van der Waals surface area contributed by atoms with Crippen molar-refractivity contribution in [1.82, 2.24) is 24.8 Å². The van der Waals surface area contributed by atoms with E-state index in [-0.39, 0.29) is 11.9 Å². The summed E-state index contributed by atoms with van der Waals surface area (Å²) >= 11 is 0. The second kappa shape index (κ2) is 6.37. The topological polar surface area (TPSA) is 77.0 Å². The van der Waals surface area contributed by atoms with Gasteiger partial charge in [-0.25, -0.2) is 0 Å². The number of carbonyl (C=O) groups is 1. The van der Waals surface area contributed by atoms with Gasteiger partial charge in [0.25, 0.3) is 0 Å². The molecule has 2 fully saturated rings. The molecule has 0 N–H and O–H groups in total. The molecule has 24 heavy (non-hydrogen) atoms. The zero-order valence-electron chi connectivity index (χ0n) is 14.0. The normalized spacial score (nSPS) is 22.5. The van der Waals surface area contributed by atoms with Crippen LogP contribution in [0.25, 0.3) is 0 Å². The van der Waals surface area contributed by atoms with Crippen LogP contribution in [0.15, 0.2) is 23.0 Å². The zero-order valence-corrected chi connectivity index (χ0v) is 14.0. The molecule has 1 saturated carbocycles. The smallest absolute Gasteiger partial charge is 0.247 e. The highest BCUT2D eigenvalue weighted by atomic mass is 16.5. The van der Waals surface area contributed by atoms with Gasteiger partial charge < -0.3 is 9.42 Å². The van der Waals surface area contributed by atoms with Gasteiger partial charge in [0, 0.05) is 37.8 Å². The molecular weight excluding hydrogens is 306 g/mol. The summed E-state index contributed by atoms with van der Waals surface area (Å²) in [6.07, 6.45) is 8.77. The SMILES string of the molecule is C[C@H](C(=O)N1CCC[C@H](Cc2nc(C3CC3)no2)C1)n1cccn1. The Labute approximate surface area is 141 Å². The number of rotatable bonds is 5. The van der Waals surface area contributed by atoms with Gasteiger partial charge in [0.05, 0.1) is 0 Å². The number of hydrogen-bond acceptors (Lipinski definition) is 5. The fourth-order valence-electron chi connectivity index (χ4n) is 3.42. The minimum Gasteiger partial charge on any atom is -0.341 e. The van der Waals surface area contributed by atoms with Crippen molar-refractivity contribution in [3.63, 3.8) is 0 Å².